The molecule has 2 rings (SSSR count). The molecule has 0 amide bonds. The molecule has 0 N–H and O–H groups in total. The summed E-state index contributed by atoms with van der Waals surface area (Å²) in [4.78, 5) is 27.8. The summed E-state index contributed by atoms with van der Waals surface area (Å²) in [6, 6.07) is 10.2. The van der Waals surface area contributed by atoms with Gasteiger partial charge < -0.3 is 9.47 Å². The van der Waals surface area contributed by atoms with Crippen LogP contribution in [0, 0.1) is 29.6 Å². The number of aryl methyl sites for hydroxylation is 1. The van der Waals surface area contributed by atoms with E-state index in [1.807, 2.05) is 12.1 Å². The Morgan fingerprint density at radius 2 is 2.04 bits per heavy atom. The predicted molar refractivity (Wildman–Crippen MR) is 87.8 cm³/mol. The fourth-order valence-electron chi connectivity index (χ4n) is 1.87. The smallest absolute Gasteiger partial charge is 0.344 e. The second-order valence-corrected chi connectivity index (χ2v) is 5.80. The first-order valence-corrected chi connectivity index (χ1v) is 8.05. The molecule has 2 aromatic rings. The van der Waals surface area contributed by atoms with Gasteiger partial charge in [-0.25, -0.2) is 9.78 Å². The fourth-order valence-corrected chi connectivity index (χ4v) is 2.73. The Labute approximate surface area is 148 Å². The van der Waals surface area contributed by atoms with E-state index in [4.69, 9.17) is 20.0 Å². The van der Waals surface area contributed by atoms with Crippen LogP contribution < -0.4 is 4.74 Å². The number of rotatable bonds is 7. The predicted octanol–water partition coefficient (Wildman–Crippen LogP) is 2.12. The number of carbonyl (C=O) groups excluding carboxylic acids is 2. The molecule has 0 saturated heterocycles. The van der Waals surface area contributed by atoms with Crippen LogP contribution in [-0.4, -0.2) is 30.0 Å². The van der Waals surface area contributed by atoms with Gasteiger partial charge in [-0.05, 0) is 19.1 Å². The van der Waals surface area contributed by atoms with Gasteiger partial charge in [0, 0.05) is 11.1 Å². The molecule has 0 aliphatic heterocycles. The summed E-state index contributed by atoms with van der Waals surface area (Å²) >= 11 is 1.21. The summed E-state index contributed by atoms with van der Waals surface area (Å²) < 4.78 is 10.1. The van der Waals surface area contributed by atoms with Gasteiger partial charge in [-0.2, -0.15) is 10.5 Å². The Morgan fingerprint density at radius 1 is 1.28 bits per heavy atom. The molecule has 0 radical (unpaired) electrons. The van der Waals surface area contributed by atoms with E-state index in [0.717, 1.165) is 5.69 Å². The van der Waals surface area contributed by atoms with Crippen LogP contribution in [0.25, 0.3) is 0 Å². The molecule has 1 atom stereocenters. The zero-order valence-electron chi connectivity index (χ0n) is 13.3. The van der Waals surface area contributed by atoms with Crippen LogP contribution in [-0.2, 0) is 14.3 Å². The first-order valence-electron chi connectivity index (χ1n) is 7.17. The average molecular weight is 355 g/mol. The largest absolute Gasteiger partial charge is 0.481 e. The molecular formula is C17H13N3O4S. The van der Waals surface area contributed by atoms with Gasteiger partial charge >= 0.3 is 5.97 Å². The van der Waals surface area contributed by atoms with Gasteiger partial charge in [-0.3, -0.25) is 4.79 Å². The normalized spacial score (nSPS) is 11.0. The zero-order chi connectivity index (χ0) is 18.2. The van der Waals surface area contributed by atoms with Crippen molar-refractivity contribution in [2.75, 3.05) is 13.2 Å². The van der Waals surface area contributed by atoms with Crippen molar-refractivity contribution in [1.29, 1.82) is 10.5 Å². The number of Topliss-reactive ketones (excluding diaryl/α,β-unsaturated/α-hetero) is 1. The molecule has 25 heavy (non-hydrogen) atoms. The third-order valence-corrected chi connectivity index (χ3v) is 4.09. The van der Waals surface area contributed by atoms with Crippen molar-refractivity contribution in [1.82, 2.24) is 4.98 Å². The topological polar surface area (TPSA) is 113 Å². The van der Waals surface area contributed by atoms with E-state index in [1.54, 1.807) is 36.6 Å². The second kappa shape index (κ2) is 8.57. The molecule has 0 aliphatic carbocycles. The number of ketones is 1. The van der Waals surface area contributed by atoms with E-state index in [-0.39, 0.29) is 11.3 Å². The highest BCUT2D eigenvalue weighted by atomic mass is 32.1. The standard InChI is InChI=1S/C17H13N3O4S/c1-11-10-25-17(20-11)13(7-19)14(21)8-24-16(22)9-23-15-5-3-2-4-12(15)6-18/h2-5,10,13H,8-9H2,1H3/t13-/m0/s1. The Morgan fingerprint density at radius 3 is 2.68 bits per heavy atom. The molecule has 0 spiro atoms. The van der Waals surface area contributed by atoms with Crippen LogP contribution in [0.4, 0.5) is 0 Å². The molecule has 1 aromatic carbocycles. The van der Waals surface area contributed by atoms with Crippen molar-refractivity contribution in [2.24, 2.45) is 0 Å². The average Bonchev–Trinajstić information content (AvgIpc) is 3.05. The van der Waals surface area contributed by atoms with Gasteiger partial charge in [-0.1, -0.05) is 12.1 Å². The number of nitrogens with zero attached hydrogens (tertiary/aromatic N) is 3. The molecule has 126 valence electrons. The summed E-state index contributed by atoms with van der Waals surface area (Å²) in [5.74, 6) is -2.14. The van der Waals surface area contributed by atoms with E-state index >= 15 is 0 Å². The first-order chi connectivity index (χ1) is 12.0. The Hall–Kier alpha value is -3.23. The minimum absolute atomic E-state index is 0.251. The molecule has 0 fully saturated rings. The molecule has 0 aliphatic rings. The molecule has 8 heteroatoms. The van der Waals surface area contributed by atoms with Crippen LogP contribution >= 0.6 is 11.3 Å². The number of thiazole rings is 1. The first kappa shape index (κ1) is 18.1. The number of benzene rings is 1. The number of esters is 1. The lowest BCUT2D eigenvalue weighted by Crippen LogP contribution is -2.23. The summed E-state index contributed by atoms with van der Waals surface area (Å²) in [5, 5.41) is 20.2. The lowest BCUT2D eigenvalue weighted by molar-refractivity contribution is -0.150. The third-order valence-electron chi connectivity index (χ3n) is 3.06. The molecular weight excluding hydrogens is 342 g/mol. The molecule has 0 unspecified atom stereocenters. The van der Waals surface area contributed by atoms with Crippen LogP contribution in [0.15, 0.2) is 29.6 Å². The maximum Gasteiger partial charge on any atom is 0.344 e. The van der Waals surface area contributed by atoms with Crippen LogP contribution in [0.5, 0.6) is 5.75 Å². The van der Waals surface area contributed by atoms with Crippen LogP contribution in [0.3, 0.4) is 0 Å². The number of aromatic nitrogens is 1. The van der Waals surface area contributed by atoms with E-state index in [1.165, 1.54) is 11.3 Å². The third kappa shape index (κ3) is 4.87. The Kier molecular flexibility index (Phi) is 6.21. The molecule has 1 aromatic heterocycles. The number of para-hydroxylation sites is 1. The van der Waals surface area contributed by atoms with Gasteiger partial charge in [0.05, 0.1) is 11.6 Å². The van der Waals surface area contributed by atoms with Crippen molar-refractivity contribution in [3.63, 3.8) is 0 Å². The van der Waals surface area contributed by atoms with Crippen molar-refractivity contribution < 1.29 is 19.1 Å². The Balaban J connectivity index is 1.86. The summed E-state index contributed by atoms with van der Waals surface area (Å²) in [6.45, 7) is 0.772. The van der Waals surface area contributed by atoms with Gasteiger partial charge in [0.2, 0.25) is 0 Å². The lowest BCUT2D eigenvalue weighted by atomic mass is 10.1. The summed E-state index contributed by atoms with van der Waals surface area (Å²) in [6.07, 6.45) is 0. The number of hydrogen-bond acceptors (Lipinski definition) is 8. The van der Waals surface area contributed by atoms with Crippen molar-refractivity contribution in [3.05, 3.63) is 45.9 Å². The van der Waals surface area contributed by atoms with Crippen molar-refractivity contribution >= 4 is 23.1 Å². The maximum atomic E-state index is 12.0. The summed E-state index contributed by atoms with van der Waals surface area (Å²) in [5.41, 5.74) is 1.00. The van der Waals surface area contributed by atoms with E-state index < -0.39 is 30.9 Å². The van der Waals surface area contributed by atoms with Crippen molar-refractivity contribution in [2.45, 2.75) is 12.8 Å². The number of nitriles is 2. The minimum Gasteiger partial charge on any atom is -0.481 e. The van der Waals surface area contributed by atoms with Crippen LogP contribution in [0.2, 0.25) is 0 Å². The number of ether oxygens (including phenoxy) is 2. The Bertz CT molecular complexity index is 863. The van der Waals surface area contributed by atoms with E-state index in [0.29, 0.717) is 5.01 Å². The zero-order valence-corrected chi connectivity index (χ0v) is 14.1. The maximum absolute atomic E-state index is 12.0. The lowest BCUT2D eigenvalue weighted by Gasteiger charge is -2.09. The van der Waals surface area contributed by atoms with E-state index in [2.05, 4.69) is 4.98 Å². The van der Waals surface area contributed by atoms with Gasteiger partial charge in [-0.15, -0.1) is 11.3 Å². The molecule has 0 bridgehead atoms. The van der Waals surface area contributed by atoms with Crippen molar-refractivity contribution in [3.8, 4) is 17.9 Å². The highest BCUT2D eigenvalue weighted by Crippen LogP contribution is 2.21. The molecule has 1 heterocycles. The fraction of sp³-hybridized carbons (Fsp3) is 0.235. The van der Waals surface area contributed by atoms with Gasteiger partial charge in [0.1, 0.15) is 16.8 Å². The SMILES string of the molecule is Cc1csc([C@@H](C#N)C(=O)COC(=O)COc2ccccc2C#N)n1. The van der Waals surface area contributed by atoms with E-state index in [9.17, 15) is 9.59 Å². The number of hydrogen-bond donors (Lipinski definition) is 0. The number of carbonyl (C=O) groups is 2. The highest BCUT2D eigenvalue weighted by molar-refractivity contribution is 7.09. The quantitative estimate of drug-likeness (QED) is 0.699. The second-order valence-electron chi connectivity index (χ2n) is 4.91. The molecule has 7 nitrogen and oxygen atoms in total. The summed E-state index contributed by atoms with van der Waals surface area (Å²) in [7, 11) is 0. The van der Waals surface area contributed by atoms with Gasteiger partial charge in [0.15, 0.2) is 24.9 Å². The highest BCUT2D eigenvalue weighted by Gasteiger charge is 2.24. The molecule has 0 saturated carbocycles. The van der Waals surface area contributed by atoms with Gasteiger partial charge in [0.25, 0.3) is 0 Å². The monoisotopic (exact) mass is 355 g/mol. The van der Waals surface area contributed by atoms with Crippen LogP contribution in [0.1, 0.15) is 22.2 Å². The minimum atomic E-state index is -1.06.